The quantitative estimate of drug-likeness (QED) is 0.850. The summed E-state index contributed by atoms with van der Waals surface area (Å²) in [5.74, 6) is -0.0988. The second-order valence-electron chi connectivity index (χ2n) is 6.59. The summed E-state index contributed by atoms with van der Waals surface area (Å²) in [5.41, 5.74) is 2.06. The van der Waals surface area contributed by atoms with Gasteiger partial charge >= 0.3 is 0 Å². The van der Waals surface area contributed by atoms with E-state index in [1.807, 2.05) is 60.7 Å². The van der Waals surface area contributed by atoms with Gasteiger partial charge in [0.2, 0.25) is 5.91 Å². The van der Waals surface area contributed by atoms with Crippen molar-refractivity contribution in [3.8, 4) is 0 Å². The summed E-state index contributed by atoms with van der Waals surface area (Å²) in [6.07, 6.45) is 2.68. The van der Waals surface area contributed by atoms with Crippen LogP contribution < -0.4 is 5.32 Å². The molecule has 2 N–H and O–H groups in total. The molecule has 1 fully saturated rings. The van der Waals surface area contributed by atoms with Crippen molar-refractivity contribution in [2.75, 3.05) is 6.61 Å². The predicted molar refractivity (Wildman–Crippen MR) is 97.1 cm³/mol. The van der Waals surface area contributed by atoms with Crippen LogP contribution >= 0.6 is 0 Å². The Morgan fingerprint density at radius 2 is 1.48 bits per heavy atom. The van der Waals surface area contributed by atoms with Crippen LogP contribution in [0.3, 0.4) is 0 Å². The molecule has 4 nitrogen and oxygen atoms in total. The predicted octanol–water partition coefficient (Wildman–Crippen LogP) is 3.21. The van der Waals surface area contributed by atoms with Crippen molar-refractivity contribution in [3.05, 3.63) is 71.8 Å². The van der Waals surface area contributed by atoms with Gasteiger partial charge in [-0.1, -0.05) is 60.7 Å². The second-order valence-corrected chi connectivity index (χ2v) is 6.59. The summed E-state index contributed by atoms with van der Waals surface area (Å²) in [7, 11) is 0. The van der Waals surface area contributed by atoms with Crippen LogP contribution in [0.25, 0.3) is 0 Å². The lowest BCUT2D eigenvalue weighted by molar-refractivity contribution is -0.128. The number of benzene rings is 2. The molecule has 0 bridgehead atoms. The van der Waals surface area contributed by atoms with Gasteiger partial charge in [0.15, 0.2) is 0 Å². The van der Waals surface area contributed by atoms with Gasteiger partial charge in [-0.2, -0.15) is 0 Å². The maximum atomic E-state index is 12.3. The molecule has 0 aliphatic heterocycles. The topological polar surface area (TPSA) is 58.6 Å². The number of aliphatic hydroxyl groups excluding tert-OH is 1. The molecule has 0 heterocycles. The van der Waals surface area contributed by atoms with Crippen molar-refractivity contribution < 1.29 is 14.6 Å². The molecule has 132 valence electrons. The Labute approximate surface area is 148 Å². The zero-order chi connectivity index (χ0) is 17.5. The average molecular weight is 339 g/mol. The van der Waals surface area contributed by atoms with E-state index >= 15 is 0 Å². The van der Waals surface area contributed by atoms with Crippen LogP contribution in [-0.2, 0) is 9.53 Å². The summed E-state index contributed by atoms with van der Waals surface area (Å²) in [6.45, 7) is 0.0213. The molecule has 0 radical (unpaired) electrons. The van der Waals surface area contributed by atoms with Crippen molar-refractivity contribution in [3.63, 3.8) is 0 Å². The highest BCUT2D eigenvalue weighted by Crippen LogP contribution is 2.25. The van der Waals surface area contributed by atoms with Crippen molar-refractivity contribution >= 4 is 5.91 Å². The van der Waals surface area contributed by atoms with E-state index in [0.717, 1.165) is 36.8 Å². The highest BCUT2D eigenvalue weighted by Gasteiger charge is 2.22. The summed E-state index contributed by atoms with van der Waals surface area (Å²) < 4.78 is 5.98. The first-order chi connectivity index (χ1) is 12.2. The number of aliphatic hydroxyl groups is 1. The molecule has 25 heavy (non-hydrogen) atoms. The first kappa shape index (κ1) is 17.6. The summed E-state index contributed by atoms with van der Waals surface area (Å²) in [6, 6.07) is 20.0. The highest BCUT2D eigenvalue weighted by atomic mass is 16.5. The minimum Gasteiger partial charge on any atom is -0.393 e. The molecule has 0 saturated heterocycles. The van der Waals surface area contributed by atoms with Gasteiger partial charge in [0.05, 0.1) is 6.10 Å². The molecule has 1 saturated carbocycles. The lowest BCUT2D eigenvalue weighted by atomic mass is 9.93. The van der Waals surface area contributed by atoms with E-state index in [0.29, 0.717) is 0 Å². The highest BCUT2D eigenvalue weighted by molar-refractivity contribution is 5.77. The van der Waals surface area contributed by atoms with Crippen molar-refractivity contribution in [1.29, 1.82) is 0 Å². The van der Waals surface area contributed by atoms with Gasteiger partial charge in [0.1, 0.15) is 12.7 Å². The first-order valence-electron chi connectivity index (χ1n) is 8.91. The lowest BCUT2D eigenvalue weighted by Gasteiger charge is -2.26. The van der Waals surface area contributed by atoms with Gasteiger partial charge in [-0.05, 0) is 36.8 Å². The van der Waals surface area contributed by atoms with E-state index < -0.39 is 0 Å². The van der Waals surface area contributed by atoms with E-state index in [4.69, 9.17) is 4.74 Å². The smallest absolute Gasteiger partial charge is 0.246 e. The van der Waals surface area contributed by atoms with Gasteiger partial charge in [-0.15, -0.1) is 0 Å². The molecule has 2 aromatic rings. The third-order valence-electron chi connectivity index (χ3n) is 4.65. The molecule has 0 unspecified atom stereocenters. The standard InChI is InChI=1S/C21H25NO3/c23-19-13-11-18(12-14-19)22-20(24)15-25-21(16-7-3-1-4-8-16)17-9-5-2-6-10-17/h1-10,18-19,21,23H,11-15H2,(H,22,24). The number of hydrogen-bond donors (Lipinski definition) is 2. The van der Waals surface area contributed by atoms with Gasteiger partial charge in [-0.3, -0.25) is 4.79 Å². The SMILES string of the molecule is O=C(COC(c1ccccc1)c1ccccc1)NC1CCC(O)CC1. The number of carbonyl (C=O) groups excluding carboxylic acids is 1. The third-order valence-corrected chi connectivity index (χ3v) is 4.65. The largest absolute Gasteiger partial charge is 0.393 e. The maximum absolute atomic E-state index is 12.3. The Morgan fingerprint density at radius 1 is 0.960 bits per heavy atom. The molecule has 0 atom stereocenters. The van der Waals surface area contributed by atoms with Gasteiger partial charge in [0, 0.05) is 6.04 Å². The fraction of sp³-hybridized carbons (Fsp3) is 0.381. The van der Waals surface area contributed by atoms with Crippen LogP contribution in [0.5, 0.6) is 0 Å². The molecule has 0 aromatic heterocycles. The first-order valence-corrected chi connectivity index (χ1v) is 8.91. The molecular weight excluding hydrogens is 314 g/mol. The lowest BCUT2D eigenvalue weighted by Crippen LogP contribution is -2.40. The van der Waals surface area contributed by atoms with E-state index in [1.165, 1.54) is 0 Å². The van der Waals surface area contributed by atoms with Gasteiger partial charge in [-0.25, -0.2) is 0 Å². The minimum atomic E-state index is -0.263. The second kappa shape index (κ2) is 8.79. The fourth-order valence-electron chi connectivity index (χ4n) is 3.29. The average Bonchev–Trinajstić information content (AvgIpc) is 2.66. The molecular formula is C21H25NO3. The van der Waals surface area contributed by atoms with Crippen molar-refractivity contribution in [2.45, 2.75) is 43.9 Å². The molecule has 3 rings (SSSR count). The molecule has 2 aromatic carbocycles. The molecule has 1 aliphatic rings. The van der Waals surface area contributed by atoms with E-state index in [1.54, 1.807) is 0 Å². The Kier molecular flexibility index (Phi) is 6.20. The van der Waals surface area contributed by atoms with Crippen LogP contribution in [-0.4, -0.2) is 29.8 Å². The Hall–Kier alpha value is -2.17. The van der Waals surface area contributed by atoms with Crippen LogP contribution in [0.15, 0.2) is 60.7 Å². The Balaban J connectivity index is 1.60. The number of rotatable bonds is 6. The van der Waals surface area contributed by atoms with Crippen LogP contribution in [0.4, 0.5) is 0 Å². The maximum Gasteiger partial charge on any atom is 0.246 e. The number of nitrogens with one attached hydrogen (secondary N) is 1. The monoisotopic (exact) mass is 339 g/mol. The number of carbonyl (C=O) groups is 1. The number of amides is 1. The van der Waals surface area contributed by atoms with Crippen molar-refractivity contribution in [2.24, 2.45) is 0 Å². The zero-order valence-corrected chi connectivity index (χ0v) is 14.3. The van der Waals surface area contributed by atoms with Crippen LogP contribution in [0.2, 0.25) is 0 Å². The van der Waals surface area contributed by atoms with Crippen LogP contribution in [0, 0.1) is 0 Å². The van der Waals surface area contributed by atoms with E-state index in [2.05, 4.69) is 5.32 Å². The summed E-state index contributed by atoms with van der Waals surface area (Å²) in [5, 5.41) is 12.6. The summed E-state index contributed by atoms with van der Waals surface area (Å²) in [4.78, 5) is 12.3. The third kappa shape index (κ3) is 5.15. The normalized spacial score (nSPS) is 20.4. The Bertz CT molecular complexity index is 612. The minimum absolute atomic E-state index is 0.0213. The molecule has 1 aliphatic carbocycles. The summed E-state index contributed by atoms with van der Waals surface area (Å²) >= 11 is 0. The number of ether oxygens (including phenoxy) is 1. The van der Waals surface area contributed by atoms with Crippen molar-refractivity contribution in [1.82, 2.24) is 5.32 Å². The fourth-order valence-corrected chi connectivity index (χ4v) is 3.29. The van der Waals surface area contributed by atoms with Gasteiger partial charge < -0.3 is 15.2 Å². The van der Waals surface area contributed by atoms with E-state index in [-0.39, 0.29) is 30.8 Å². The molecule has 0 spiro atoms. The molecule has 4 heteroatoms. The van der Waals surface area contributed by atoms with Gasteiger partial charge in [0.25, 0.3) is 0 Å². The van der Waals surface area contributed by atoms with E-state index in [9.17, 15) is 9.90 Å². The Morgan fingerprint density at radius 3 is 2.00 bits per heavy atom. The molecule has 1 amide bonds. The zero-order valence-electron chi connectivity index (χ0n) is 14.3. The van der Waals surface area contributed by atoms with Crippen LogP contribution in [0.1, 0.15) is 42.9 Å². The number of hydrogen-bond acceptors (Lipinski definition) is 3.